The van der Waals surface area contributed by atoms with Crippen LogP contribution >= 0.6 is 0 Å². The van der Waals surface area contributed by atoms with Crippen LogP contribution in [-0.2, 0) is 21.8 Å². The van der Waals surface area contributed by atoms with Gasteiger partial charge in [0.15, 0.2) is 11.5 Å². The lowest BCUT2D eigenvalue weighted by atomic mass is 10.1. The minimum absolute atomic E-state index is 0.0828. The van der Waals surface area contributed by atoms with Crippen molar-refractivity contribution in [3.05, 3.63) is 17.7 Å². The number of piperidine rings is 1. The summed E-state index contributed by atoms with van der Waals surface area (Å²) in [7, 11) is -0.950. The summed E-state index contributed by atoms with van der Waals surface area (Å²) in [6, 6.07) is 0. The fraction of sp³-hybridized carbons (Fsp3) is 0.643. The minimum Gasteiger partial charge on any atom is -0.461 e. The Hall–Kier alpha value is -1.45. The number of ether oxygens (including phenoxy) is 1. The van der Waals surface area contributed by atoms with Crippen molar-refractivity contribution in [2.24, 2.45) is 7.05 Å². The van der Waals surface area contributed by atoms with Gasteiger partial charge in [-0.15, -0.1) is 0 Å². The highest BCUT2D eigenvalue weighted by Crippen LogP contribution is 2.28. The third-order valence-electron chi connectivity index (χ3n) is 3.93. The van der Waals surface area contributed by atoms with Crippen molar-refractivity contribution >= 4 is 16.0 Å². The van der Waals surface area contributed by atoms with Gasteiger partial charge in [-0.3, -0.25) is 0 Å². The molecule has 2 heterocycles. The Morgan fingerprint density at radius 3 is 2.78 bits per heavy atom. The molecule has 23 heavy (non-hydrogen) atoms. The van der Waals surface area contributed by atoms with E-state index >= 15 is 0 Å². The molecule has 1 N–H and O–H groups in total. The van der Waals surface area contributed by atoms with E-state index in [9.17, 15) is 17.6 Å². The average Bonchev–Trinajstić information content (AvgIpc) is 2.83. The van der Waals surface area contributed by atoms with Crippen molar-refractivity contribution in [1.82, 2.24) is 14.2 Å². The fourth-order valence-corrected chi connectivity index (χ4v) is 4.57. The van der Waals surface area contributed by atoms with Gasteiger partial charge in [0, 0.05) is 19.8 Å². The fourth-order valence-electron chi connectivity index (χ4n) is 2.79. The highest BCUT2D eigenvalue weighted by atomic mass is 32.2. The molecule has 1 aliphatic heterocycles. The quantitative estimate of drug-likeness (QED) is 0.806. The Balaban J connectivity index is 2.44. The SMILES string of the molecule is CCOC(=O)c1c(F)c(S(=O)(=O)N2CCCCC2NC)cn1C. The van der Waals surface area contributed by atoms with Crippen LogP contribution in [0.2, 0.25) is 0 Å². The molecule has 0 aromatic carbocycles. The largest absolute Gasteiger partial charge is 0.461 e. The Bertz CT molecular complexity index is 686. The van der Waals surface area contributed by atoms with Gasteiger partial charge in [0.1, 0.15) is 4.90 Å². The van der Waals surface area contributed by atoms with Crippen LogP contribution < -0.4 is 5.32 Å². The van der Waals surface area contributed by atoms with E-state index < -0.39 is 26.7 Å². The van der Waals surface area contributed by atoms with Crippen molar-refractivity contribution in [3.8, 4) is 0 Å². The van der Waals surface area contributed by atoms with Gasteiger partial charge < -0.3 is 14.6 Å². The number of nitrogens with one attached hydrogen (secondary N) is 1. The number of halogens is 1. The van der Waals surface area contributed by atoms with Crippen molar-refractivity contribution in [2.45, 2.75) is 37.2 Å². The molecule has 0 amide bonds. The first kappa shape index (κ1) is 17.9. The number of carbonyl (C=O) groups is 1. The molecule has 0 saturated carbocycles. The van der Waals surface area contributed by atoms with E-state index in [1.165, 1.54) is 11.4 Å². The molecule has 1 unspecified atom stereocenters. The molecule has 1 aromatic heterocycles. The van der Waals surface area contributed by atoms with E-state index in [0.29, 0.717) is 13.0 Å². The molecule has 0 radical (unpaired) electrons. The summed E-state index contributed by atoms with van der Waals surface area (Å²) in [5, 5.41) is 2.94. The van der Waals surface area contributed by atoms with E-state index in [1.54, 1.807) is 14.0 Å². The third-order valence-corrected chi connectivity index (χ3v) is 5.83. The van der Waals surface area contributed by atoms with Gasteiger partial charge in [0.2, 0.25) is 10.0 Å². The summed E-state index contributed by atoms with van der Waals surface area (Å²) in [5.41, 5.74) is -0.386. The molecular formula is C14H22FN3O4S. The molecule has 1 aromatic rings. The second-order valence-electron chi connectivity index (χ2n) is 5.40. The number of nitrogens with zero attached hydrogens (tertiary/aromatic N) is 2. The first-order chi connectivity index (χ1) is 10.8. The van der Waals surface area contributed by atoms with E-state index in [1.807, 2.05) is 0 Å². The highest BCUT2D eigenvalue weighted by molar-refractivity contribution is 7.89. The van der Waals surface area contributed by atoms with Crippen molar-refractivity contribution in [2.75, 3.05) is 20.2 Å². The van der Waals surface area contributed by atoms with Gasteiger partial charge in [-0.2, -0.15) is 4.31 Å². The predicted octanol–water partition coefficient (Wildman–Crippen LogP) is 1.06. The molecule has 0 bridgehead atoms. The second-order valence-corrected chi connectivity index (χ2v) is 7.26. The van der Waals surface area contributed by atoms with Gasteiger partial charge in [0.25, 0.3) is 0 Å². The zero-order valence-corrected chi connectivity index (χ0v) is 14.3. The van der Waals surface area contributed by atoms with Crippen LogP contribution in [0.4, 0.5) is 4.39 Å². The molecule has 1 fully saturated rings. The average molecular weight is 347 g/mol. The smallest absolute Gasteiger partial charge is 0.358 e. The Labute approximate surface area is 135 Å². The highest BCUT2D eigenvalue weighted by Gasteiger charge is 2.37. The maximum atomic E-state index is 14.6. The number of aromatic nitrogens is 1. The minimum atomic E-state index is -4.04. The number of sulfonamides is 1. The number of hydrogen-bond donors (Lipinski definition) is 1. The Morgan fingerprint density at radius 1 is 1.48 bits per heavy atom. The zero-order valence-electron chi connectivity index (χ0n) is 13.5. The van der Waals surface area contributed by atoms with Crippen LogP contribution in [0, 0.1) is 5.82 Å². The van der Waals surface area contributed by atoms with Crippen molar-refractivity contribution in [1.29, 1.82) is 0 Å². The maximum Gasteiger partial charge on any atom is 0.358 e. The van der Waals surface area contributed by atoms with Gasteiger partial charge in [-0.25, -0.2) is 17.6 Å². The Kier molecular flexibility index (Phi) is 5.43. The number of hydrogen-bond acceptors (Lipinski definition) is 5. The van der Waals surface area contributed by atoms with Crippen LogP contribution in [0.15, 0.2) is 11.1 Å². The van der Waals surface area contributed by atoms with Gasteiger partial charge >= 0.3 is 5.97 Å². The monoisotopic (exact) mass is 347 g/mol. The van der Waals surface area contributed by atoms with Crippen LogP contribution in [0.1, 0.15) is 36.7 Å². The van der Waals surface area contributed by atoms with Gasteiger partial charge in [-0.05, 0) is 33.2 Å². The molecule has 1 atom stereocenters. The molecule has 0 aliphatic carbocycles. The van der Waals surface area contributed by atoms with Crippen LogP contribution in [-0.4, -0.2) is 49.6 Å². The summed E-state index contributed by atoms with van der Waals surface area (Å²) in [4.78, 5) is 11.3. The lowest BCUT2D eigenvalue weighted by Crippen LogP contribution is -2.50. The van der Waals surface area contributed by atoms with Crippen molar-refractivity contribution in [3.63, 3.8) is 0 Å². The summed E-state index contributed by atoms with van der Waals surface area (Å²) >= 11 is 0. The topological polar surface area (TPSA) is 80.6 Å². The van der Waals surface area contributed by atoms with E-state index in [-0.39, 0.29) is 18.5 Å². The van der Waals surface area contributed by atoms with Crippen molar-refractivity contribution < 1.29 is 22.3 Å². The standard InChI is InChI=1S/C14H22FN3O4S/c1-4-22-14(19)13-12(15)10(9-17(13)3)23(20,21)18-8-6-5-7-11(18)16-2/h9,11,16H,4-8H2,1-3H3. The van der Waals surface area contributed by atoms with Crippen LogP contribution in [0.25, 0.3) is 0 Å². The second kappa shape index (κ2) is 6.98. The third kappa shape index (κ3) is 3.26. The molecule has 7 nitrogen and oxygen atoms in total. The summed E-state index contributed by atoms with van der Waals surface area (Å²) in [6.07, 6.45) is 3.03. The molecule has 1 saturated heterocycles. The summed E-state index contributed by atoms with van der Waals surface area (Å²) in [5.74, 6) is -1.94. The van der Waals surface area contributed by atoms with E-state index in [4.69, 9.17) is 4.74 Å². The zero-order chi connectivity index (χ0) is 17.2. The number of rotatable bonds is 5. The predicted molar refractivity (Wildman–Crippen MR) is 81.9 cm³/mol. The van der Waals surface area contributed by atoms with E-state index in [0.717, 1.165) is 23.6 Å². The molecule has 0 spiro atoms. The number of carbonyl (C=O) groups excluding carboxylic acids is 1. The molecule has 1 aliphatic rings. The number of aryl methyl sites for hydroxylation is 1. The maximum absolute atomic E-state index is 14.6. The Morgan fingerprint density at radius 2 is 2.17 bits per heavy atom. The summed E-state index contributed by atoms with van der Waals surface area (Å²) in [6.45, 7) is 2.00. The molecular weight excluding hydrogens is 325 g/mol. The van der Waals surface area contributed by atoms with E-state index in [2.05, 4.69) is 5.32 Å². The first-order valence-corrected chi connectivity index (χ1v) is 8.99. The number of esters is 1. The molecule has 2 rings (SSSR count). The summed E-state index contributed by atoms with van der Waals surface area (Å²) < 4.78 is 47.4. The van der Waals surface area contributed by atoms with Gasteiger partial charge in [-0.1, -0.05) is 0 Å². The lowest BCUT2D eigenvalue weighted by Gasteiger charge is -2.34. The normalized spacial score (nSPS) is 19.7. The van der Waals surface area contributed by atoms with Gasteiger partial charge in [0.05, 0.1) is 12.8 Å². The lowest BCUT2D eigenvalue weighted by molar-refractivity contribution is 0.0509. The molecule has 9 heteroatoms. The molecule has 130 valence electrons. The first-order valence-electron chi connectivity index (χ1n) is 7.55. The van der Waals surface area contributed by atoms with Crippen LogP contribution in [0.5, 0.6) is 0 Å². The van der Waals surface area contributed by atoms with Crippen LogP contribution in [0.3, 0.4) is 0 Å².